The summed E-state index contributed by atoms with van der Waals surface area (Å²) >= 11 is 0. The summed E-state index contributed by atoms with van der Waals surface area (Å²) in [7, 11) is 0. The van der Waals surface area contributed by atoms with Crippen LogP contribution in [-0.2, 0) is 17.8 Å². The van der Waals surface area contributed by atoms with Gasteiger partial charge in [-0.15, -0.1) is 0 Å². The van der Waals surface area contributed by atoms with E-state index in [-0.39, 0.29) is 0 Å². The van der Waals surface area contributed by atoms with Gasteiger partial charge in [-0.2, -0.15) is 5.10 Å². The highest BCUT2D eigenvalue weighted by atomic mass is 16.5. The summed E-state index contributed by atoms with van der Waals surface area (Å²) in [5, 5.41) is 4.40. The predicted octanol–water partition coefficient (Wildman–Crippen LogP) is 1.49. The first-order valence-corrected chi connectivity index (χ1v) is 5.53. The second kappa shape index (κ2) is 3.45. The lowest BCUT2D eigenvalue weighted by Gasteiger charge is -2.28. The first kappa shape index (κ1) is 9.09. The SMILES string of the molecule is O=Cc1nn(C2CCC2)c2c1CCOC2. The van der Waals surface area contributed by atoms with Crippen LogP contribution in [-0.4, -0.2) is 22.7 Å². The van der Waals surface area contributed by atoms with E-state index in [9.17, 15) is 4.79 Å². The Morgan fingerprint density at radius 1 is 1.47 bits per heavy atom. The Kier molecular flexibility index (Phi) is 2.09. The maximum Gasteiger partial charge on any atom is 0.170 e. The van der Waals surface area contributed by atoms with Gasteiger partial charge in [0.05, 0.1) is 24.9 Å². The zero-order valence-electron chi connectivity index (χ0n) is 8.61. The lowest BCUT2D eigenvalue weighted by Crippen LogP contribution is -2.22. The van der Waals surface area contributed by atoms with E-state index in [2.05, 4.69) is 5.10 Å². The van der Waals surface area contributed by atoms with Crippen LogP contribution >= 0.6 is 0 Å². The summed E-state index contributed by atoms with van der Waals surface area (Å²) < 4.78 is 7.47. The van der Waals surface area contributed by atoms with Gasteiger partial charge in [0.2, 0.25) is 0 Å². The molecule has 3 rings (SSSR count). The van der Waals surface area contributed by atoms with Crippen molar-refractivity contribution in [2.75, 3.05) is 6.61 Å². The van der Waals surface area contributed by atoms with Crippen molar-refractivity contribution in [1.29, 1.82) is 0 Å². The van der Waals surface area contributed by atoms with Crippen LogP contribution in [0, 0.1) is 0 Å². The molecule has 0 atom stereocenters. The molecule has 2 aliphatic rings. The molecule has 0 radical (unpaired) electrons. The largest absolute Gasteiger partial charge is 0.375 e. The van der Waals surface area contributed by atoms with E-state index >= 15 is 0 Å². The maximum absolute atomic E-state index is 10.9. The van der Waals surface area contributed by atoms with Crippen molar-refractivity contribution in [3.63, 3.8) is 0 Å². The van der Waals surface area contributed by atoms with Gasteiger partial charge in [0.1, 0.15) is 5.69 Å². The van der Waals surface area contributed by atoms with E-state index in [1.54, 1.807) is 0 Å². The van der Waals surface area contributed by atoms with E-state index < -0.39 is 0 Å². The lowest BCUT2D eigenvalue weighted by atomic mass is 9.93. The van der Waals surface area contributed by atoms with Crippen molar-refractivity contribution in [3.05, 3.63) is 17.0 Å². The fourth-order valence-corrected chi connectivity index (χ4v) is 2.32. The highest BCUT2D eigenvalue weighted by molar-refractivity contribution is 5.74. The molecule has 1 saturated carbocycles. The first-order valence-electron chi connectivity index (χ1n) is 5.53. The molecule has 1 aliphatic heterocycles. The van der Waals surface area contributed by atoms with Gasteiger partial charge >= 0.3 is 0 Å². The van der Waals surface area contributed by atoms with Crippen LogP contribution in [0.15, 0.2) is 0 Å². The topological polar surface area (TPSA) is 44.1 Å². The average molecular weight is 206 g/mol. The fourth-order valence-electron chi connectivity index (χ4n) is 2.32. The summed E-state index contributed by atoms with van der Waals surface area (Å²) in [6.07, 6.45) is 5.35. The van der Waals surface area contributed by atoms with Gasteiger partial charge < -0.3 is 4.74 Å². The summed E-state index contributed by atoms with van der Waals surface area (Å²) in [6.45, 7) is 1.33. The van der Waals surface area contributed by atoms with Gasteiger partial charge in [0.25, 0.3) is 0 Å². The van der Waals surface area contributed by atoms with Gasteiger partial charge in [-0.1, -0.05) is 0 Å². The molecule has 1 fully saturated rings. The van der Waals surface area contributed by atoms with Crippen LogP contribution in [0.1, 0.15) is 47.1 Å². The van der Waals surface area contributed by atoms with Crippen LogP contribution in [0.3, 0.4) is 0 Å². The molecule has 15 heavy (non-hydrogen) atoms. The third-order valence-electron chi connectivity index (χ3n) is 3.42. The molecular weight excluding hydrogens is 192 g/mol. The molecule has 2 heterocycles. The van der Waals surface area contributed by atoms with Crippen LogP contribution in [0.4, 0.5) is 0 Å². The number of aromatic nitrogens is 2. The number of carbonyl (C=O) groups excluding carboxylic acids is 1. The molecule has 0 N–H and O–H groups in total. The van der Waals surface area contributed by atoms with Crippen molar-refractivity contribution in [2.24, 2.45) is 0 Å². The van der Waals surface area contributed by atoms with E-state index in [1.165, 1.54) is 19.3 Å². The minimum absolute atomic E-state index is 0.508. The van der Waals surface area contributed by atoms with Crippen molar-refractivity contribution in [1.82, 2.24) is 9.78 Å². The minimum atomic E-state index is 0.508. The summed E-state index contributed by atoms with van der Waals surface area (Å²) in [5.41, 5.74) is 2.87. The van der Waals surface area contributed by atoms with E-state index in [0.717, 1.165) is 24.0 Å². The maximum atomic E-state index is 10.9. The number of hydrogen-bond acceptors (Lipinski definition) is 3. The quantitative estimate of drug-likeness (QED) is 0.689. The third kappa shape index (κ3) is 1.32. The number of fused-ring (bicyclic) bond motifs is 1. The van der Waals surface area contributed by atoms with E-state index in [1.807, 2.05) is 4.68 Å². The molecule has 4 heteroatoms. The monoisotopic (exact) mass is 206 g/mol. The first-order chi connectivity index (χ1) is 7.40. The molecule has 0 spiro atoms. The van der Waals surface area contributed by atoms with Crippen molar-refractivity contribution in [2.45, 2.75) is 38.3 Å². The Balaban J connectivity index is 2.05. The number of nitrogens with zero attached hydrogens (tertiary/aromatic N) is 2. The van der Waals surface area contributed by atoms with Gasteiger partial charge in [0, 0.05) is 5.56 Å². The van der Waals surface area contributed by atoms with Crippen LogP contribution in [0.2, 0.25) is 0 Å². The lowest BCUT2D eigenvalue weighted by molar-refractivity contribution is 0.0995. The van der Waals surface area contributed by atoms with E-state index in [4.69, 9.17) is 4.74 Å². The fraction of sp³-hybridized carbons (Fsp3) is 0.636. The number of rotatable bonds is 2. The zero-order valence-corrected chi connectivity index (χ0v) is 8.61. The van der Waals surface area contributed by atoms with Crippen LogP contribution in [0.5, 0.6) is 0 Å². The highest BCUT2D eigenvalue weighted by Gasteiger charge is 2.28. The van der Waals surface area contributed by atoms with Crippen LogP contribution in [0.25, 0.3) is 0 Å². The molecular formula is C11H14N2O2. The van der Waals surface area contributed by atoms with Gasteiger partial charge in [-0.25, -0.2) is 0 Å². The Morgan fingerprint density at radius 2 is 2.33 bits per heavy atom. The molecule has 0 amide bonds. The molecule has 1 aromatic rings. The van der Waals surface area contributed by atoms with Gasteiger partial charge in [0.15, 0.2) is 6.29 Å². The molecule has 1 aliphatic carbocycles. The van der Waals surface area contributed by atoms with E-state index in [0.29, 0.717) is 24.9 Å². The molecule has 0 aromatic carbocycles. The number of aldehydes is 1. The van der Waals surface area contributed by atoms with Crippen molar-refractivity contribution >= 4 is 6.29 Å². The molecule has 0 bridgehead atoms. The molecule has 4 nitrogen and oxygen atoms in total. The van der Waals surface area contributed by atoms with Crippen molar-refractivity contribution < 1.29 is 9.53 Å². The summed E-state index contributed by atoms with van der Waals surface area (Å²) in [4.78, 5) is 10.9. The number of carbonyl (C=O) groups is 1. The Hall–Kier alpha value is -1.16. The number of ether oxygens (including phenoxy) is 1. The van der Waals surface area contributed by atoms with Crippen LogP contribution < -0.4 is 0 Å². The Labute approximate surface area is 88.2 Å². The second-order valence-electron chi connectivity index (χ2n) is 4.26. The highest BCUT2D eigenvalue weighted by Crippen LogP contribution is 2.34. The Bertz CT molecular complexity index is 394. The third-order valence-corrected chi connectivity index (χ3v) is 3.42. The molecule has 0 unspecified atom stereocenters. The molecule has 0 saturated heterocycles. The summed E-state index contributed by atoms with van der Waals surface area (Å²) in [6, 6.07) is 0.508. The minimum Gasteiger partial charge on any atom is -0.375 e. The standard InChI is InChI=1S/C11H14N2O2/c14-6-10-9-4-5-15-7-11(9)13(12-10)8-2-1-3-8/h6,8H,1-5,7H2. The van der Waals surface area contributed by atoms with Gasteiger partial charge in [-0.05, 0) is 25.7 Å². The van der Waals surface area contributed by atoms with Gasteiger partial charge in [-0.3, -0.25) is 9.48 Å². The molecule has 1 aromatic heterocycles. The Morgan fingerprint density at radius 3 is 3.00 bits per heavy atom. The predicted molar refractivity (Wildman–Crippen MR) is 53.9 cm³/mol. The molecule has 80 valence electrons. The smallest absolute Gasteiger partial charge is 0.170 e. The zero-order chi connectivity index (χ0) is 10.3. The van der Waals surface area contributed by atoms with Crippen molar-refractivity contribution in [3.8, 4) is 0 Å². The normalized spacial score (nSPS) is 20.8. The number of hydrogen-bond donors (Lipinski definition) is 0. The second-order valence-corrected chi connectivity index (χ2v) is 4.26. The summed E-state index contributed by atoms with van der Waals surface area (Å²) in [5.74, 6) is 0. The average Bonchev–Trinajstić information content (AvgIpc) is 2.55.